The molecule has 19 heavy (non-hydrogen) atoms. The van der Waals surface area contributed by atoms with Crippen LogP contribution >= 0.6 is 11.8 Å². The molecule has 1 fully saturated rings. The van der Waals surface area contributed by atoms with Crippen molar-refractivity contribution >= 4 is 11.8 Å². The van der Waals surface area contributed by atoms with E-state index in [-0.39, 0.29) is 0 Å². The predicted octanol–water partition coefficient (Wildman–Crippen LogP) is 3.08. The van der Waals surface area contributed by atoms with Gasteiger partial charge in [-0.05, 0) is 43.2 Å². The first-order valence-electron chi connectivity index (χ1n) is 6.73. The highest BCUT2D eigenvalue weighted by atomic mass is 32.2. The molecule has 0 spiro atoms. The highest BCUT2D eigenvalue weighted by Gasteiger charge is 2.23. The molecule has 2 rings (SSSR count). The van der Waals surface area contributed by atoms with E-state index in [0.29, 0.717) is 6.04 Å². The second kappa shape index (κ2) is 7.06. The standard InChI is InChI=1S/C15H23NO2S/c1-17-13-6-11(7-14(9-13)18-2)10-16-12-4-5-15(8-12)19-3/h6-7,9,12,15-16H,4-5,8,10H2,1-3H3. The third-order valence-electron chi connectivity index (χ3n) is 3.72. The van der Waals surface area contributed by atoms with Crippen LogP contribution < -0.4 is 14.8 Å². The van der Waals surface area contributed by atoms with E-state index in [2.05, 4.69) is 23.7 Å². The average molecular weight is 281 g/mol. The molecule has 2 atom stereocenters. The van der Waals surface area contributed by atoms with Crippen molar-refractivity contribution in [3.63, 3.8) is 0 Å². The fourth-order valence-corrected chi connectivity index (χ4v) is 3.37. The van der Waals surface area contributed by atoms with Crippen molar-refractivity contribution in [1.82, 2.24) is 5.32 Å². The molecule has 106 valence electrons. The maximum Gasteiger partial charge on any atom is 0.122 e. The summed E-state index contributed by atoms with van der Waals surface area (Å²) < 4.78 is 10.6. The Kier molecular flexibility index (Phi) is 5.40. The number of thioether (sulfide) groups is 1. The van der Waals surface area contributed by atoms with Gasteiger partial charge in [0.25, 0.3) is 0 Å². The molecule has 0 saturated heterocycles. The van der Waals surface area contributed by atoms with Gasteiger partial charge in [0.1, 0.15) is 11.5 Å². The van der Waals surface area contributed by atoms with E-state index >= 15 is 0 Å². The molecule has 0 heterocycles. The van der Waals surface area contributed by atoms with Crippen molar-refractivity contribution in [3.8, 4) is 11.5 Å². The number of ether oxygens (including phenoxy) is 2. The van der Waals surface area contributed by atoms with E-state index in [9.17, 15) is 0 Å². The summed E-state index contributed by atoms with van der Waals surface area (Å²) in [5.41, 5.74) is 1.21. The largest absolute Gasteiger partial charge is 0.497 e. The van der Waals surface area contributed by atoms with Gasteiger partial charge in [-0.2, -0.15) is 11.8 Å². The highest BCUT2D eigenvalue weighted by molar-refractivity contribution is 7.99. The van der Waals surface area contributed by atoms with Crippen molar-refractivity contribution in [1.29, 1.82) is 0 Å². The molecule has 1 aliphatic carbocycles. The summed E-state index contributed by atoms with van der Waals surface area (Å²) in [5, 5.41) is 4.47. The lowest BCUT2D eigenvalue weighted by molar-refractivity contribution is 0.392. The van der Waals surface area contributed by atoms with Crippen LogP contribution in [-0.4, -0.2) is 31.8 Å². The fourth-order valence-electron chi connectivity index (χ4n) is 2.57. The highest BCUT2D eigenvalue weighted by Crippen LogP contribution is 2.28. The van der Waals surface area contributed by atoms with Gasteiger partial charge < -0.3 is 14.8 Å². The lowest BCUT2D eigenvalue weighted by Gasteiger charge is -2.14. The Hall–Kier alpha value is -0.870. The minimum Gasteiger partial charge on any atom is -0.497 e. The topological polar surface area (TPSA) is 30.5 Å². The summed E-state index contributed by atoms with van der Waals surface area (Å²) in [6, 6.07) is 6.69. The third-order valence-corrected chi connectivity index (χ3v) is 4.82. The minimum atomic E-state index is 0.648. The van der Waals surface area contributed by atoms with Gasteiger partial charge in [-0.1, -0.05) is 0 Å². The van der Waals surface area contributed by atoms with Crippen molar-refractivity contribution in [2.75, 3.05) is 20.5 Å². The van der Waals surface area contributed by atoms with Gasteiger partial charge >= 0.3 is 0 Å². The van der Waals surface area contributed by atoms with Crippen molar-refractivity contribution in [2.24, 2.45) is 0 Å². The maximum absolute atomic E-state index is 5.29. The van der Waals surface area contributed by atoms with Gasteiger partial charge in [0.15, 0.2) is 0 Å². The molecule has 1 N–H and O–H groups in total. The van der Waals surface area contributed by atoms with Gasteiger partial charge in [-0.25, -0.2) is 0 Å². The first-order valence-corrected chi connectivity index (χ1v) is 8.02. The van der Waals surface area contributed by atoms with Crippen LogP contribution in [0.15, 0.2) is 18.2 Å². The molecule has 1 saturated carbocycles. The number of methoxy groups -OCH3 is 2. The van der Waals surface area contributed by atoms with Crippen LogP contribution in [0.2, 0.25) is 0 Å². The van der Waals surface area contributed by atoms with Crippen molar-refractivity contribution in [2.45, 2.75) is 37.1 Å². The van der Waals surface area contributed by atoms with Crippen molar-refractivity contribution < 1.29 is 9.47 Å². The van der Waals surface area contributed by atoms with E-state index in [1.165, 1.54) is 24.8 Å². The Labute approximate surface area is 120 Å². The molecular weight excluding hydrogens is 258 g/mol. The van der Waals surface area contributed by atoms with Crippen molar-refractivity contribution in [3.05, 3.63) is 23.8 Å². The third kappa shape index (κ3) is 4.05. The average Bonchev–Trinajstić information content (AvgIpc) is 2.92. The monoisotopic (exact) mass is 281 g/mol. The molecule has 1 aliphatic rings. The Morgan fingerprint density at radius 3 is 2.37 bits per heavy atom. The summed E-state index contributed by atoms with van der Waals surface area (Å²) in [4.78, 5) is 0. The number of nitrogens with one attached hydrogen (secondary N) is 1. The van der Waals surface area contributed by atoms with E-state index in [0.717, 1.165) is 23.3 Å². The maximum atomic E-state index is 5.29. The molecule has 2 unspecified atom stereocenters. The molecule has 0 aromatic heterocycles. The Balaban J connectivity index is 1.92. The lowest BCUT2D eigenvalue weighted by Crippen LogP contribution is -2.26. The first-order chi connectivity index (χ1) is 9.25. The number of benzene rings is 1. The van der Waals surface area contributed by atoms with Gasteiger partial charge in [-0.3, -0.25) is 0 Å². The number of hydrogen-bond acceptors (Lipinski definition) is 4. The van der Waals surface area contributed by atoms with Crippen LogP contribution in [0.4, 0.5) is 0 Å². The van der Waals surface area contributed by atoms with Crippen LogP contribution in [0.5, 0.6) is 11.5 Å². The summed E-state index contributed by atoms with van der Waals surface area (Å²) >= 11 is 1.99. The number of rotatable bonds is 6. The Morgan fingerprint density at radius 1 is 1.16 bits per heavy atom. The number of hydrogen-bond donors (Lipinski definition) is 1. The molecule has 0 radical (unpaired) electrons. The molecule has 0 aliphatic heterocycles. The SMILES string of the molecule is COc1cc(CNC2CCC(SC)C2)cc(OC)c1. The van der Waals surface area contributed by atoms with Crippen LogP contribution in [0.25, 0.3) is 0 Å². The summed E-state index contributed by atoms with van der Waals surface area (Å²) in [6.45, 7) is 0.874. The fraction of sp³-hybridized carbons (Fsp3) is 0.600. The predicted molar refractivity (Wildman–Crippen MR) is 81.3 cm³/mol. The zero-order valence-electron chi connectivity index (χ0n) is 11.9. The molecule has 1 aromatic rings. The molecule has 1 aromatic carbocycles. The van der Waals surface area contributed by atoms with E-state index in [1.807, 2.05) is 17.8 Å². The molecule has 0 amide bonds. The summed E-state index contributed by atoms with van der Waals surface area (Å²) in [6.07, 6.45) is 6.11. The van der Waals surface area contributed by atoms with Crippen LogP contribution in [0, 0.1) is 0 Å². The van der Waals surface area contributed by atoms with Crippen LogP contribution in [0.3, 0.4) is 0 Å². The lowest BCUT2D eigenvalue weighted by atomic mass is 10.1. The normalized spacial score (nSPS) is 22.5. The van der Waals surface area contributed by atoms with Gasteiger partial charge in [-0.15, -0.1) is 0 Å². The Morgan fingerprint density at radius 2 is 1.84 bits per heavy atom. The van der Waals surface area contributed by atoms with Gasteiger partial charge in [0.2, 0.25) is 0 Å². The van der Waals surface area contributed by atoms with Gasteiger partial charge in [0.05, 0.1) is 14.2 Å². The molecule has 0 bridgehead atoms. The van der Waals surface area contributed by atoms with E-state index < -0.39 is 0 Å². The molecule has 4 heteroatoms. The zero-order valence-corrected chi connectivity index (χ0v) is 12.8. The first kappa shape index (κ1) is 14.5. The van der Waals surface area contributed by atoms with Crippen LogP contribution in [-0.2, 0) is 6.54 Å². The van der Waals surface area contributed by atoms with E-state index in [1.54, 1.807) is 14.2 Å². The smallest absolute Gasteiger partial charge is 0.122 e. The quantitative estimate of drug-likeness (QED) is 0.868. The molecule has 3 nitrogen and oxygen atoms in total. The van der Waals surface area contributed by atoms with E-state index in [4.69, 9.17) is 9.47 Å². The second-order valence-electron chi connectivity index (χ2n) is 4.97. The van der Waals surface area contributed by atoms with Gasteiger partial charge in [0, 0.05) is 23.9 Å². The Bertz CT molecular complexity index is 389. The summed E-state index contributed by atoms with van der Waals surface area (Å²) in [5.74, 6) is 1.70. The summed E-state index contributed by atoms with van der Waals surface area (Å²) in [7, 11) is 3.37. The van der Waals surface area contributed by atoms with Crippen LogP contribution in [0.1, 0.15) is 24.8 Å². The molecular formula is C15H23NO2S. The minimum absolute atomic E-state index is 0.648. The zero-order chi connectivity index (χ0) is 13.7. The second-order valence-corrected chi connectivity index (χ2v) is 6.11.